The van der Waals surface area contributed by atoms with Gasteiger partial charge >= 0.3 is 0 Å². The van der Waals surface area contributed by atoms with E-state index in [1.807, 2.05) is 13.0 Å². The molecule has 3 aliphatic rings. The fourth-order valence-corrected chi connectivity index (χ4v) is 4.15. The molecule has 2 aromatic rings. The summed E-state index contributed by atoms with van der Waals surface area (Å²) in [5.41, 5.74) is 3.26. The summed E-state index contributed by atoms with van der Waals surface area (Å²) < 4.78 is 0. The van der Waals surface area contributed by atoms with Crippen molar-refractivity contribution < 1.29 is 4.79 Å². The molecule has 0 radical (unpaired) electrons. The molecule has 0 saturated carbocycles. The number of H-pyrrole nitrogens is 1. The van der Waals surface area contributed by atoms with Crippen LogP contribution < -0.4 is 4.90 Å². The number of rotatable bonds is 4. The van der Waals surface area contributed by atoms with Gasteiger partial charge in [0.2, 0.25) is 11.9 Å². The first-order valence-electron chi connectivity index (χ1n) is 9.43. The van der Waals surface area contributed by atoms with Crippen molar-refractivity contribution in [3.8, 4) is 0 Å². The largest absolute Gasteiger partial charge is 0.338 e. The van der Waals surface area contributed by atoms with E-state index in [0.29, 0.717) is 18.8 Å². The van der Waals surface area contributed by atoms with Gasteiger partial charge in [-0.3, -0.25) is 9.89 Å². The number of nitrogens with one attached hydrogen (secondary N) is 1. The average molecular weight is 354 g/mol. The molecule has 1 amide bonds. The van der Waals surface area contributed by atoms with Gasteiger partial charge in [-0.15, -0.1) is 0 Å². The molecule has 26 heavy (non-hydrogen) atoms. The third kappa shape index (κ3) is 3.30. The predicted octanol–water partition coefficient (Wildman–Crippen LogP) is 1.88. The first kappa shape index (κ1) is 17.0. The van der Waals surface area contributed by atoms with Gasteiger partial charge in [0.25, 0.3) is 0 Å². The summed E-state index contributed by atoms with van der Waals surface area (Å²) in [6, 6.07) is 2.09. The van der Waals surface area contributed by atoms with Gasteiger partial charge in [0, 0.05) is 56.6 Å². The number of nitrogens with zero attached hydrogens (tertiary/aromatic N) is 5. The number of aromatic nitrogens is 4. The highest BCUT2D eigenvalue weighted by molar-refractivity contribution is 5.77. The van der Waals surface area contributed by atoms with Crippen LogP contribution in [0.3, 0.4) is 0 Å². The number of aromatic amines is 1. The molecule has 3 fully saturated rings. The Morgan fingerprint density at radius 1 is 1.19 bits per heavy atom. The summed E-state index contributed by atoms with van der Waals surface area (Å²) in [5, 5.41) is 7.34. The van der Waals surface area contributed by atoms with E-state index < -0.39 is 0 Å². The van der Waals surface area contributed by atoms with Gasteiger partial charge in [0.1, 0.15) is 0 Å². The minimum absolute atomic E-state index is 0.246. The van der Waals surface area contributed by atoms with Gasteiger partial charge < -0.3 is 9.80 Å². The summed E-state index contributed by atoms with van der Waals surface area (Å²) in [4.78, 5) is 26.1. The van der Waals surface area contributed by atoms with Crippen molar-refractivity contribution in [2.45, 2.75) is 45.6 Å². The quantitative estimate of drug-likeness (QED) is 0.907. The molecule has 5 rings (SSSR count). The third-order valence-electron chi connectivity index (χ3n) is 5.80. The van der Waals surface area contributed by atoms with Crippen molar-refractivity contribution in [1.29, 1.82) is 0 Å². The van der Waals surface area contributed by atoms with Crippen LogP contribution in [-0.2, 0) is 11.2 Å². The SMILES string of the molecule is Cc1[nH]nc(CCC(=O)N2C[C@H]3CC[C@@H]2CN(c2ncccn2)C3)c1C. The van der Waals surface area contributed by atoms with Crippen LogP contribution >= 0.6 is 0 Å². The zero-order valence-corrected chi connectivity index (χ0v) is 15.5. The molecule has 0 aromatic carbocycles. The Bertz CT molecular complexity index is 774. The second kappa shape index (κ2) is 7.05. The first-order chi connectivity index (χ1) is 12.6. The van der Waals surface area contributed by atoms with Crippen LogP contribution in [0.15, 0.2) is 18.5 Å². The topological polar surface area (TPSA) is 78.0 Å². The molecule has 7 heteroatoms. The number of carbonyl (C=O) groups excluding carboxylic acids is 1. The number of fused-ring (bicyclic) bond motifs is 4. The normalized spacial score (nSPS) is 22.5. The first-order valence-corrected chi connectivity index (χ1v) is 9.43. The summed E-state index contributed by atoms with van der Waals surface area (Å²) in [7, 11) is 0. The van der Waals surface area contributed by atoms with Crippen LogP contribution in [0.5, 0.6) is 0 Å². The maximum Gasteiger partial charge on any atom is 0.225 e. The molecule has 5 heterocycles. The number of carbonyl (C=O) groups is 1. The highest BCUT2D eigenvalue weighted by atomic mass is 16.2. The summed E-state index contributed by atoms with van der Waals surface area (Å²) in [6.45, 7) is 6.69. The van der Waals surface area contributed by atoms with Gasteiger partial charge in [-0.25, -0.2) is 9.97 Å². The van der Waals surface area contributed by atoms with Gasteiger partial charge in [-0.05, 0) is 44.2 Å². The average Bonchev–Trinajstić information content (AvgIpc) is 2.86. The van der Waals surface area contributed by atoms with Gasteiger partial charge in [0.15, 0.2) is 0 Å². The summed E-state index contributed by atoms with van der Waals surface area (Å²) >= 11 is 0. The van der Waals surface area contributed by atoms with Gasteiger partial charge in [-0.2, -0.15) is 5.10 Å². The Balaban J connectivity index is 1.43. The molecule has 7 nitrogen and oxygen atoms in total. The Kier molecular flexibility index (Phi) is 4.61. The smallest absolute Gasteiger partial charge is 0.225 e. The Labute approximate surface area is 153 Å². The van der Waals surface area contributed by atoms with E-state index in [1.54, 1.807) is 12.4 Å². The van der Waals surface area contributed by atoms with E-state index in [4.69, 9.17) is 0 Å². The van der Waals surface area contributed by atoms with Crippen LogP contribution in [-0.4, -0.2) is 56.6 Å². The fourth-order valence-electron chi connectivity index (χ4n) is 4.15. The lowest BCUT2D eigenvalue weighted by atomic mass is 9.94. The van der Waals surface area contributed by atoms with Crippen molar-refractivity contribution in [2.75, 3.05) is 24.5 Å². The third-order valence-corrected chi connectivity index (χ3v) is 5.80. The van der Waals surface area contributed by atoms with E-state index >= 15 is 0 Å². The van der Waals surface area contributed by atoms with Gasteiger partial charge in [-0.1, -0.05) is 0 Å². The molecule has 138 valence electrons. The Morgan fingerprint density at radius 2 is 2.00 bits per heavy atom. The molecule has 2 aromatic heterocycles. The predicted molar refractivity (Wildman–Crippen MR) is 98.9 cm³/mol. The van der Waals surface area contributed by atoms with Crippen LogP contribution in [0, 0.1) is 19.8 Å². The monoisotopic (exact) mass is 354 g/mol. The maximum atomic E-state index is 12.9. The molecular weight excluding hydrogens is 328 g/mol. The lowest BCUT2D eigenvalue weighted by molar-refractivity contribution is -0.135. The number of aryl methyl sites for hydroxylation is 2. The molecule has 0 unspecified atom stereocenters. The van der Waals surface area contributed by atoms with Crippen LogP contribution in [0.4, 0.5) is 5.95 Å². The molecular formula is C19H26N6O. The highest BCUT2D eigenvalue weighted by Gasteiger charge is 2.37. The number of piperidine rings is 1. The van der Waals surface area contributed by atoms with Crippen molar-refractivity contribution in [3.05, 3.63) is 35.4 Å². The molecule has 3 aliphatic heterocycles. The highest BCUT2D eigenvalue weighted by Crippen LogP contribution is 2.30. The molecule has 0 spiro atoms. The van der Waals surface area contributed by atoms with E-state index in [0.717, 1.165) is 43.4 Å². The number of amides is 1. The number of hydrogen-bond donors (Lipinski definition) is 1. The Morgan fingerprint density at radius 3 is 2.73 bits per heavy atom. The number of anilines is 1. The maximum absolute atomic E-state index is 12.9. The fraction of sp³-hybridized carbons (Fsp3) is 0.579. The van der Waals surface area contributed by atoms with E-state index in [2.05, 4.69) is 36.9 Å². The van der Waals surface area contributed by atoms with Crippen molar-refractivity contribution in [2.24, 2.45) is 5.92 Å². The van der Waals surface area contributed by atoms with Crippen LogP contribution in [0.2, 0.25) is 0 Å². The second-order valence-electron chi connectivity index (χ2n) is 7.52. The second-order valence-corrected chi connectivity index (χ2v) is 7.52. The summed E-state index contributed by atoms with van der Waals surface area (Å²) in [5.74, 6) is 1.52. The minimum Gasteiger partial charge on any atom is -0.338 e. The lowest BCUT2D eigenvalue weighted by Crippen LogP contribution is -2.47. The lowest BCUT2D eigenvalue weighted by Gasteiger charge is -2.36. The van der Waals surface area contributed by atoms with Gasteiger partial charge in [0.05, 0.1) is 5.69 Å². The molecule has 0 aliphatic carbocycles. The zero-order valence-electron chi connectivity index (χ0n) is 15.5. The Hall–Kier alpha value is -2.44. The zero-order chi connectivity index (χ0) is 18.1. The standard InChI is InChI=1S/C19H26N6O/c1-13-14(2)22-23-17(13)6-7-18(26)25-11-15-4-5-16(25)12-24(10-15)19-20-8-3-9-21-19/h3,8-9,15-16H,4-7,10-12H2,1-2H3,(H,22,23)/t15-,16+/m0/s1. The van der Waals surface area contributed by atoms with E-state index in [1.165, 1.54) is 12.0 Å². The van der Waals surface area contributed by atoms with Crippen LogP contribution in [0.25, 0.3) is 0 Å². The number of hydrogen-bond acceptors (Lipinski definition) is 5. The molecule has 2 bridgehead atoms. The van der Waals surface area contributed by atoms with E-state index in [-0.39, 0.29) is 11.9 Å². The van der Waals surface area contributed by atoms with E-state index in [9.17, 15) is 4.79 Å². The summed E-state index contributed by atoms with van der Waals surface area (Å²) in [6.07, 6.45) is 7.04. The van der Waals surface area contributed by atoms with Crippen molar-refractivity contribution >= 4 is 11.9 Å². The minimum atomic E-state index is 0.246. The molecule has 3 saturated heterocycles. The van der Waals surface area contributed by atoms with Crippen molar-refractivity contribution in [1.82, 2.24) is 25.1 Å². The van der Waals surface area contributed by atoms with Crippen LogP contribution in [0.1, 0.15) is 36.2 Å². The van der Waals surface area contributed by atoms with Crippen molar-refractivity contribution in [3.63, 3.8) is 0 Å². The molecule has 2 atom stereocenters. The molecule has 1 N–H and O–H groups in total.